The predicted octanol–water partition coefficient (Wildman–Crippen LogP) is 4.99. The summed E-state index contributed by atoms with van der Waals surface area (Å²) in [5.74, 6) is -0.309. The molecular formula is C27H28F3N5O3S. The number of hydrogen-bond acceptors (Lipinski definition) is 7. The molecule has 1 aliphatic rings. The molecule has 1 atom stereocenters. The molecule has 1 aliphatic heterocycles. The van der Waals surface area contributed by atoms with Gasteiger partial charge >= 0.3 is 6.18 Å². The highest BCUT2D eigenvalue weighted by Gasteiger charge is 2.41. The molecule has 0 radical (unpaired) electrons. The van der Waals surface area contributed by atoms with Crippen LogP contribution in [0, 0.1) is 5.92 Å². The van der Waals surface area contributed by atoms with Gasteiger partial charge in [-0.05, 0) is 67.6 Å². The summed E-state index contributed by atoms with van der Waals surface area (Å²) in [7, 11) is -4.34. The number of carbonyl (C=O) groups is 1. The lowest BCUT2D eigenvalue weighted by molar-refractivity contribution is -0.137. The second-order valence-corrected chi connectivity index (χ2v) is 11.6. The lowest BCUT2D eigenvalue weighted by Gasteiger charge is -2.36. The van der Waals surface area contributed by atoms with E-state index in [2.05, 4.69) is 21.6 Å². The van der Waals surface area contributed by atoms with Crippen LogP contribution < -0.4 is 15.4 Å². The van der Waals surface area contributed by atoms with Crippen LogP contribution in [0.15, 0.2) is 59.8 Å². The van der Waals surface area contributed by atoms with Gasteiger partial charge in [-0.2, -0.15) is 21.6 Å². The van der Waals surface area contributed by atoms with E-state index in [1.165, 1.54) is 42.6 Å². The van der Waals surface area contributed by atoms with Crippen molar-refractivity contribution in [2.45, 2.75) is 43.9 Å². The fraction of sp³-hybridized carbons (Fsp3) is 0.296. The van der Waals surface area contributed by atoms with Gasteiger partial charge in [-0.3, -0.25) is 4.79 Å². The number of nitrogens with zero attached hydrogens (tertiary/aromatic N) is 3. The van der Waals surface area contributed by atoms with E-state index in [-0.39, 0.29) is 22.8 Å². The van der Waals surface area contributed by atoms with E-state index in [1.54, 1.807) is 12.2 Å². The smallest absolute Gasteiger partial charge is 0.384 e. The molecule has 1 fully saturated rings. The molecule has 1 saturated heterocycles. The predicted molar refractivity (Wildman–Crippen MR) is 143 cm³/mol. The Morgan fingerprint density at radius 2 is 1.79 bits per heavy atom. The minimum atomic E-state index is -4.44. The molecule has 3 aromatic rings. The number of rotatable bonds is 6. The topological polar surface area (TPSA) is 118 Å². The van der Waals surface area contributed by atoms with Crippen LogP contribution in [0.3, 0.4) is 0 Å². The highest BCUT2D eigenvalue weighted by molar-refractivity contribution is 7.90. The molecule has 1 aromatic carbocycles. The fourth-order valence-corrected chi connectivity index (χ4v) is 5.28. The van der Waals surface area contributed by atoms with Gasteiger partial charge in [-0.1, -0.05) is 37.3 Å². The first-order valence-corrected chi connectivity index (χ1v) is 13.6. The van der Waals surface area contributed by atoms with Crippen molar-refractivity contribution in [3.8, 4) is 0 Å². The molecule has 8 nitrogen and oxygen atoms in total. The van der Waals surface area contributed by atoms with Crippen LogP contribution in [0.5, 0.6) is 0 Å². The van der Waals surface area contributed by atoms with E-state index >= 15 is 0 Å². The molecule has 3 N–H and O–H groups in total. The highest BCUT2D eigenvalue weighted by Crippen LogP contribution is 2.38. The summed E-state index contributed by atoms with van der Waals surface area (Å²) in [6, 6.07) is 10.2. The van der Waals surface area contributed by atoms with Crippen molar-refractivity contribution in [2.75, 3.05) is 17.2 Å². The maximum absolute atomic E-state index is 13.4. The summed E-state index contributed by atoms with van der Waals surface area (Å²) in [6.45, 7) is 6.77. The zero-order chi connectivity index (χ0) is 28.6. The molecular weight excluding hydrogens is 531 g/mol. The first-order valence-electron chi connectivity index (χ1n) is 12.1. The molecule has 0 aliphatic carbocycles. The molecule has 2 aromatic heterocycles. The Kier molecular flexibility index (Phi) is 7.44. The van der Waals surface area contributed by atoms with Crippen molar-refractivity contribution < 1.29 is 26.4 Å². The zero-order valence-electron chi connectivity index (χ0n) is 21.5. The number of nitrogens with two attached hydrogens (primary N) is 1. The van der Waals surface area contributed by atoms with Crippen molar-refractivity contribution in [1.82, 2.24) is 14.7 Å². The van der Waals surface area contributed by atoms with Crippen molar-refractivity contribution in [3.63, 3.8) is 0 Å². The van der Waals surface area contributed by atoms with Crippen LogP contribution in [-0.4, -0.2) is 36.4 Å². The van der Waals surface area contributed by atoms with Crippen LogP contribution in [0.25, 0.3) is 12.2 Å². The number of benzene rings is 1. The van der Waals surface area contributed by atoms with E-state index in [4.69, 9.17) is 5.73 Å². The molecule has 0 bridgehead atoms. The molecule has 206 valence electrons. The minimum Gasteiger partial charge on any atom is -0.384 e. The molecule has 1 amide bonds. The fourth-order valence-electron chi connectivity index (χ4n) is 4.34. The third kappa shape index (κ3) is 6.06. The monoisotopic (exact) mass is 559 g/mol. The maximum atomic E-state index is 13.4. The van der Waals surface area contributed by atoms with E-state index in [1.807, 2.05) is 18.7 Å². The second-order valence-electron chi connectivity index (χ2n) is 9.92. The maximum Gasteiger partial charge on any atom is 0.416 e. The van der Waals surface area contributed by atoms with Gasteiger partial charge in [0.1, 0.15) is 11.6 Å². The van der Waals surface area contributed by atoms with Crippen molar-refractivity contribution in [3.05, 3.63) is 77.0 Å². The Labute approximate surface area is 224 Å². The van der Waals surface area contributed by atoms with Crippen LogP contribution in [-0.2, 0) is 16.2 Å². The summed E-state index contributed by atoms with van der Waals surface area (Å²) < 4.78 is 66.4. The number of hydrogen-bond donors (Lipinski definition) is 2. The van der Waals surface area contributed by atoms with Gasteiger partial charge in [0.15, 0.2) is 5.03 Å². The number of anilines is 2. The number of sulfonamides is 1. The van der Waals surface area contributed by atoms with Crippen LogP contribution in [0.2, 0.25) is 0 Å². The lowest BCUT2D eigenvalue weighted by atomic mass is 9.90. The van der Waals surface area contributed by atoms with Gasteiger partial charge in [0, 0.05) is 18.3 Å². The molecule has 1 unspecified atom stereocenters. The molecule has 12 heteroatoms. The minimum absolute atomic E-state index is 0.0177. The highest BCUT2D eigenvalue weighted by atomic mass is 32.2. The number of alkyl halides is 3. The first kappa shape index (κ1) is 28.1. The summed E-state index contributed by atoms with van der Waals surface area (Å²) in [4.78, 5) is 23.7. The number of aromatic nitrogens is 2. The van der Waals surface area contributed by atoms with Gasteiger partial charge in [0.05, 0.1) is 11.1 Å². The average molecular weight is 560 g/mol. The summed E-state index contributed by atoms with van der Waals surface area (Å²) >= 11 is 0. The molecule has 4 rings (SSSR count). The van der Waals surface area contributed by atoms with Crippen LogP contribution in [0.4, 0.5) is 24.8 Å². The van der Waals surface area contributed by atoms with Gasteiger partial charge in [-0.15, -0.1) is 0 Å². The molecule has 0 spiro atoms. The quantitative estimate of drug-likeness (QED) is 0.437. The third-order valence-electron chi connectivity index (χ3n) is 7.03. The zero-order valence-corrected chi connectivity index (χ0v) is 22.3. The van der Waals surface area contributed by atoms with Gasteiger partial charge in [0.2, 0.25) is 0 Å². The van der Waals surface area contributed by atoms with E-state index in [0.717, 1.165) is 18.6 Å². The van der Waals surface area contributed by atoms with E-state index in [0.29, 0.717) is 23.5 Å². The Bertz CT molecular complexity index is 1520. The van der Waals surface area contributed by atoms with E-state index < -0.39 is 32.7 Å². The summed E-state index contributed by atoms with van der Waals surface area (Å²) in [5.41, 5.74) is 5.48. The van der Waals surface area contributed by atoms with Gasteiger partial charge in [0.25, 0.3) is 15.9 Å². The number of amides is 1. The molecule has 0 saturated carbocycles. The Morgan fingerprint density at radius 1 is 1.13 bits per heavy atom. The largest absolute Gasteiger partial charge is 0.416 e. The van der Waals surface area contributed by atoms with Crippen LogP contribution in [0.1, 0.15) is 54.2 Å². The molecule has 39 heavy (non-hydrogen) atoms. The van der Waals surface area contributed by atoms with Gasteiger partial charge in [-0.25, -0.2) is 14.7 Å². The Hall–Kier alpha value is -3.93. The SMILES string of the molecule is CC1CCN(c2ncc(/C=C/c3ccc(C(F)(F)F)cc3)cc2C(=O)NS(=O)(=O)c2cccc(N)n2)C1(C)C. The van der Waals surface area contributed by atoms with Crippen molar-refractivity contribution in [1.29, 1.82) is 0 Å². The number of nitrogen functional groups attached to an aromatic ring is 1. The average Bonchev–Trinajstić information content (AvgIpc) is 3.13. The van der Waals surface area contributed by atoms with E-state index in [9.17, 15) is 26.4 Å². The van der Waals surface area contributed by atoms with Crippen LogP contribution >= 0.6 is 0 Å². The summed E-state index contributed by atoms with van der Waals surface area (Å²) in [6.07, 6.45) is 1.11. The second kappa shape index (κ2) is 10.3. The Morgan fingerprint density at radius 3 is 2.38 bits per heavy atom. The number of carbonyl (C=O) groups excluding carboxylic acids is 1. The Balaban J connectivity index is 1.70. The number of pyridine rings is 2. The van der Waals surface area contributed by atoms with Crippen molar-refractivity contribution in [2.24, 2.45) is 5.92 Å². The standard InChI is InChI=1S/C27H28F3N5O3S/c1-17-13-14-35(26(17,2)3)24-21(25(36)34-39(37,38)23-6-4-5-22(31)33-23)15-19(16-32-24)8-7-18-9-11-20(12-10-18)27(28,29)30/h4-12,15-17H,13-14H2,1-3H3,(H2,31,33)(H,34,36)/b8-7+. The number of nitrogens with one attached hydrogen (secondary N) is 1. The normalized spacial score (nSPS) is 17.5. The molecule has 3 heterocycles. The lowest BCUT2D eigenvalue weighted by Crippen LogP contribution is -2.43. The summed E-state index contributed by atoms with van der Waals surface area (Å²) in [5, 5.41) is -0.404. The van der Waals surface area contributed by atoms with Gasteiger partial charge < -0.3 is 10.6 Å². The first-order chi connectivity index (χ1) is 18.2. The third-order valence-corrected chi connectivity index (χ3v) is 8.26. The number of halogens is 3. The van der Waals surface area contributed by atoms with Crippen molar-refractivity contribution >= 4 is 39.7 Å².